The molecule has 0 saturated carbocycles. The predicted molar refractivity (Wildman–Crippen MR) is 89.1 cm³/mol. The number of rotatable bonds is 3. The van der Waals surface area contributed by atoms with Crippen molar-refractivity contribution in [2.24, 2.45) is 0 Å². The molecule has 7 nitrogen and oxygen atoms in total. The lowest BCUT2D eigenvalue weighted by molar-refractivity contribution is -0.114. The number of hydrogen-bond acceptors (Lipinski definition) is 5. The van der Waals surface area contributed by atoms with E-state index in [4.69, 9.17) is 4.74 Å². The number of nitrogens with zero attached hydrogens (tertiary/aromatic N) is 4. The van der Waals surface area contributed by atoms with Gasteiger partial charge in [-0.3, -0.25) is 9.20 Å². The molecule has 1 amide bonds. The normalized spacial score (nSPS) is 10.9. The van der Waals surface area contributed by atoms with E-state index in [1.54, 1.807) is 30.6 Å². The molecule has 2 aromatic heterocycles. The minimum absolute atomic E-state index is 0.143. The van der Waals surface area contributed by atoms with Gasteiger partial charge in [0.25, 0.3) is 5.88 Å². The van der Waals surface area contributed by atoms with Crippen LogP contribution in [0.25, 0.3) is 16.7 Å². The van der Waals surface area contributed by atoms with Crippen LogP contribution in [0.4, 0.5) is 5.69 Å². The monoisotopic (exact) mass is 319 g/mol. The number of aromatic nitrogens is 4. The molecule has 0 atom stereocenters. The minimum Gasteiger partial charge on any atom is -0.436 e. The number of fused-ring (bicyclic) bond motifs is 3. The second-order valence-electron chi connectivity index (χ2n) is 5.24. The molecule has 4 rings (SSSR count). The average Bonchev–Trinajstić information content (AvgIpc) is 3.05. The number of ether oxygens (including phenoxy) is 1. The van der Waals surface area contributed by atoms with Crippen molar-refractivity contribution < 1.29 is 9.53 Å². The van der Waals surface area contributed by atoms with Crippen LogP contribution in [-0.2, 0) is 4.79 Å². The number of nitrogens with one attached hydrogen (secondary N) is 1. The van der Waals surface area contributed by atoms with Gasteiger partial charge in [0, 0.05) is 18.7 Å². The first-order chi connectivity index (χ1) is 11.7. The zero-order valence-corrected chi connectivity index (χ0v) is 12.8. The molecule has 0 fully saturated rings. The zero-order chi connectivity index (χ0) is 16.5. The van der Waals surface area contributed by atoms with E-state index in [9.17, 15) is 4.79 Å². The summed E-state index contributed by atoms with van der Waals surface area (Å²) in [6.45, 7) is 1.46. The molecule has 0 unspecified atom stereocenters. The lowest BCUT2D eigenvalue weighted by Gasteiger charge is -2.09. The van der Waals surface area contributed by atoms with E-state index in [1.165, 1.54) is 6.92 Å². The van der Waals surface area contributed by atoms with Crippen LogP contribution in [0.15, 0.2) is 54.9 Å². The van der Waals surface area contributed by atoms with Crippen LogP contribution in [-0.4, -0.2) is 25.5 Å². The molecule has 24 heavy (non-hydrogen) atoms. The summed E-state index contributed by atoms with van der Waals surface area (Å²) in [6.07, 6.45) is 1.62. The summed E-state index contributed by atoms with van der Waals surface area (Å²) >= 11 is 0. The lowest BCUT2D eigenvalue weighted by atomic mass is 10.3. The highest BCUT2D eigenvalue weighted by Gasteiger charge is 2.12. The Kier molecular flexibility index (Phi) is 3.31. The van der Waals surface area contributed by atoms with Gasteiger partial charge in [-0.05, 0) is 24.3 Å². The first-order valence-electron chi connectivity index (χ1n) is 7.35. The van der Waals surface area contributed by atoms with E-state index in [0.717, 1.165) is 11.0 Å². The summed E-state index contributed by atoms with van der Waals surface area (Å²) in [5, 5.41) is 10.8. The number of amides is 1. The number of carbonyl (C=O) groups excluding carboxylic acids is 1. The molecule has 7 heteroatoms. The summed E-state index contributed by atoms with van der Waals surface area (Å²) in [4.78, 5) is 15.7. The summed E-state index contributed by atoms with van der Waals surface area (Å²) in [5.74, 6) is 0.760. The molecule has 118 valence electrons. The van der Waals surface area contributed by atoms with Crippen LogP contribution in [0.5, 0.6) is 11.6 Å². The molecule has 0 radical (unpaired) electrons. The van der Waals surface area contributed by atoms with E-state index >= 15 is 0 Å². The van der Waals surface area contributed by atoms with Gasteiger partial charge in [-0.15, -0.1) is 10.2 Å². The SMILES string of the molecule is CC(=O)Nc1cccc(Oc2nc3ccccc3n3cnnc23)c1. The van der Waals surface area contributed by atoms with E-state index in [2.05, 4.69) is 20.5 Å². The molecule has 1 N–H and O–H groups in total. The molecule has 2 aromatic carbocycles. The fourth-order valence-electron chi connectivity index (χ4n) is 2.50. The summed E-state index contributed by atoms with van der Waals surface area (Å²) in [5.41, 5.74) is 2.85. The third-order valence-corrected chi connectivity index (χ3v) is 3.47. The van der Waals surface area contributed by atoms with Gasteiger partial charge in [0.15, 0.2) is 0 Å². The van der Waals surface area contributed by atoms with Crippen molar-refractivity contribution in [2.45, 2.75) is 6.92 Å². The average molecular weight is 319 g/mol. The van der Waals surface area contributed by atoms with Crippen LogP contribution in [0.2, 0.25) is 0 Å². The Morgan fingerprint density at radius 2 is 2.04 bits per heavy atom. The molecule has 0 aliphatic carbocycles. The van der Waals surface area contributed by atoms with Gasteiger partial charge in [-0.1, -0.05) is 18.2 Å². The van der Waals surface area contributed by atoms with Gasteiger partial charge in [0.05, 0.1) is 11.0 Å². The number of para-hydroxylation sites is 2. The van der Waals surface area contributed by atoms with Gasteiger partial charge >= 0.3 is 0 Å². The topological polar surface area (TPSA) is 81.4 Å². The molecule has 2 heterocycles. The number of hydrogen-bond donors (Lipinski definition) is 1. The second kappa shape index (κ2) is 5.62. The van der Waals surface area contributed by atoms with Crippen molar-refractivity contribution in [3.05, 3.63) is 54.9 Å². The van der Waals surface area contributed by atoms with Crippen molar-refractivity contribution in [3.8, 4) is 11.6 Å². The predicted octanol–water partition coefficient (Wildman–Crippen LogP) is 3.03. The highest BCUT2D eigenvalue weighted by molar-refractivity contribution is 5.88. The number of carbonyl (C=O) groups is 1. The first-order valence-corrected chi connectivity index (χ1v) is 7.35. The molecule has 0 aliphatic rings. The summed E-state index contributed by atoms with van der Waals surface area (Å²) in [7, 11) is 0. The fourth-order valence-corrected chi connectivity index (χ4v) is 2.50. The van der Waals surface area contributed by atoms with Crippen molar-refractivity contribution in [1.29, 1.82) is 0 Å². The first kappa shape index (κ1) is 14.1. The maximum Gasteiger partial charge on any atom is 0.266 e. The molecule has 0 spiro atoms. The molecular weight excluding hydrogens is 306 g/mol. The van der Waals surface area contributed by atoms with Crippen molar-refractivity contribution in [3.63, 3.8) is 0 Å². The minimum atomic E-state index is -0.143. The van der Waals surface area contributed by atoms with Gasteiger partial charge < -0.3 is 10.1 Å². The lowest BCUT2D eigenvalue weighted by Crippen LogP contribution is -2.05. The highest BCUT2D eigenvalue weighted by atomic mass is 16.5. The third kappa shape index (κ3) is 2.52. The molecule has 0 aliphatic heterocycles. The smallest absolute Gasteiger partial charge is 0.266 e. The van der Waals surface area contributed by atoms with Crippen molar-refractivity contribution in [1.82, 2.24) is 19.6 Å². The molecule has 4 aromatic rings. The van der Waals surface area contributed by atoms with E-state index < -0.39 is 0 Å². The van der Waals surface area contributed by atoms with E-state index in [1.807, 2.05) is 28.7 Å². The Morgan fingerprint density at radius 1 is 1.17 bits per heavy atom. The van der Waals surface area contributed by atoms with Crippen LogP contribution in [0, 0.1) is 0 Å². The highest BCUT2D eigenvalue weighted by Crippen LogP contribution is 2.27. The maximum absolute atomic E-state index is 11.2. The van der Waals surface area contributed by atoms with Crippen LogP contribution in [0.3, 0.4) is 0 Å². The Bertz CT molecular complexity index is 1060. The Balaban J connectivity index is 1.79. The van der Waals surface area contributed by atoms with E-state index in [0.29, 0.717) is 23.0 Å². The van der Waals surface area contributed by atoms with Crippen LogP contribution < -0.4 is 10.1 Å². The Morgan fingerprint density at radius 3 is 2.92 bits per heavy atom. The number of anilines is 1. The summed E-state index contributed by atoms with van der Waals surface area (Å²) < 4.78 is 7.72. The largest absolute Gasteiger partial charge is 0.436 e. The number of benzene rings is 2. The van der Waals surface area contributed by atoms with E-state index in [-0.39, 0.29) is 5.91 Å². The molecular formula is C17H13N5O2. The van der Waals surface area contributed by atoms with Gasteiger partial charge in [0.1, 0.15) is 12.1 Å². The third-order valence-electron chi connectivity index (χ3n) is 3.47. The van der Waals surface area contributed by atoms with Crippen LogP contribution >= 0.6 is 0 Å². The van der Waals surface area contributed by atoms with Gasteiger partial charge in [-0.25, -0.2) is 4.98 Å². The van der Waals surface area contributed by atoms with Gasteiger partial charge in [0.2, 0.25) is 11.6 Å². The quantitative estimate of drug-likeness (QED) is 0.627. The Labute approximate surface area is 136 Å². The van der Waals surface area contributed by atoms with Gasteiger partial charge in [-0.2, -0.15) is 0 Å². The summed E-state index contributed by atoms with van der Waals surface area (Å²) in [6, 6.07) is 14.8. The standard InChI is InChI=1S/C17H13N5O2/c1-11(23)19-12-5-4-6-13(9-12)24-17-16-21-18-10-22(16)15-8-3-2-7-14(15)20-17/h2-10H,1H3,(H,19,23). The fraction of sp³-hybridized carbons (Fsp3) is 0.0588. The van der Waals surface area contributed by atoms with Crippen LogP contribution in [0.1, 0.15) is 6.92 Å². The second-order valence-corrected chi connectivity index (χ2v) is 5.24. The van der Waals surface area contributed by atoms with Crippen molar-refractivity contribution in [2.75, 3.05) is 5.32 Å². The zero-order valence-electron chi connectivity index (χ0n) is 12.8. The molecule has 0 saturated heterocycles. The maximum atomic E-state index is 11.2. The molecule has 0 bridgehead atoms. The van der Waals surface area contributed by atoms with Crippen molar-refractivity contribution >= 4 is 28.3 Å². The Hall–Kier alpha value is -3.48.